The van der Waals surface area contributed by atoms with Gasteiger partial charge in [-0.3, -0.25) is 9.83 Å². The topological polar surface area (TPSA) is 114 Å². The van der Waals surface area contributed by atoms with Crippen LogP contribution in [0.5, 0.6) is 0 Å². The van der Waals surface area contributed by atoms with Gasteiger partial charge in [0.05, 0.1) is 18.6 Å². The van der Waals surface area contributed by atoms with Crippen molar-refractivity contribution >= 4 is 24.0 Å². The third-order valence-corrected chi connectivity index (χ3v) is 5.04. The van der Waals surface area contributed by atoms with Crippen LogP contribution in [0.15, 0.2) is 0 Å². The minimum atomic E-state index is -4.12. The van der Waals surface area contributed by atoms with Crippen molar-refractivity contribution < 1.29 is 47.6 Å². The van der Waals surface area contributed by atoms with Gasteiger partial charge in [0.25, 0.3) is 0 Å². The Morgan fingerprint density at radius 3 is 2.91 bits per heavy atom. The van der Waals surface area contributed by atoms with Crippen LogP contribution in [-0.2, 0) is 28.4 Å². The van der Waals surface area contributed by atoms with E-state index < -0.39 is 59.9 Å². The van der Waals surface area contributed by atoms with Crippen LogP contribution in [0.3, 0.4) is 0 Å². The number of fused-ring (bicyclic) bond motifs is 1. The van der Waals surface area contributed by atoms with E-state index in [2.05, 4.69) is 14.1 Å². The van der Waals surface area contributed by atoms with E-state index in [1.807, 2.05) is 0 Å². The summed E-state index contributed by atoms with van der Waals surface area (Å²) >= 11 is -0.777. The standard InChI is InChI=1S/C11H12F2O8S/c12-11(13,22-21-20-17)10(16)18-2-5-3-1-4-6(7(3)14)9(15)19-8(4)5/h3-8,14,17H,1-2H2/p-1. The van der Waals surface area contributed by atoms with Crippen LogP contribution in [0, 0.1) is 23.7 Å². The molecule has 2 bridgehead atoms. The van der Waals surface area contributed by atoms with Crippen molar-refractivity contribution in [3.63, 3.8) is 0 Å². The van der Waals surface area contributed by atoms with E-state index in [1.165, 1.54) is 0 Å². The Kier molecular flexibility index (Phi) is 4.01. The summed E-state index contributed by atoms with van der Waals surface area (Å²) in [5.74, 6) is -4.00. The van der Waals surface area contributed by atoms with E-state index >= 15 is 0 Å². The molecule has 1 aliphatic heterocycles. The van der Waals surface area contributed by atoms with E-state index in [1.54, 1.807) is 0 Å². The van der Waals surface area contributed by atoms with Crippen LogP contribution in [0.25, 0.3) is 0 Å². The van der Waals surface area contributed by atoms with Crippen molar-refractivity contribution in [3.8, 4) is 0 Å². The molecule has 0 aromatic rings. The van der Waals surface area contributed by atoms with E-state index in [9.17, 15) is 28.7 Å². The molecule has 1 N–H and O–H groups in total. The molecule has 3 fully saturated rings. The first-order chi connectivity index (χ1) is 10.4. The van der Waals surface area contributed by atoms with Gasteiger partial charge in [-0.1, -0.05) is 0 Å². The zero-order valence-corrected chi connectivity index (χ0v) is 11.7. The van der Waals surface area contributed by atoms with Crippen LogP contribution < -0.4 is 5.26 Å². The molecule has 0 aromatic carbocycles. The van der Waals surface area contributed by atoms with Crippen molar-refractivity contribution in [2.75, 3.05) is 6.61 Å². The number of carbonyl (C=O) groups is 2. The number of aliphatic hydroxyl groups excluding tert-OH is 1. The Morgan fingerprint density at radius 2 is 2.23 bits per heavy atom. The smallest absolute Gasteiger partial charge is 0.415 e. The second-order valence-electron chi connectivity index (χ2n) is 5.48. The SMILES string of the molecule is O=C1OC2C(COC(=O)C(F)(F)SOO[O-])C3CC2C1C3O. The molecule has 3 aliphatic rings. The van der Waals surface area contributed by atoms with Gasteiger partial charge in [0, 0.05) is 11.8 Å². The zero-order valence-electron chi connectivity index (χ0n) is 10.8. The number of aliphatic hydroxyl groups is 1. The van der Waals surface area contributed by atoms with E-state index in [4.69, 9.17) is 4.74 Å². The van der Waals surface area contributed by atoms with Crippen molar-refractivity contribution in [1.29, 1.82) is 0 Å². The number of ether oxygens (including phenoxy) is 2. The molecular formula is C11H11F2O8S-. The molecule has 6 unspecified atom stereocenters. The lowest BCUT2D eigenvalue weighted by Gasteiger charge is -2.28. The number of esters is 2. The molecule has 0 radical (unpaired) electrons. The van der Waals surface area contributed by atoms with Crippen molar-refractivity contribution in [1.82, 2.24) is 0 Å². The number of halogens is 2. The third-order valence-electron chi connectivity index (χ3n) is 4.54. The number of carbonyl (C=O) groups excluding carboxylic acids is 2. The van der Waals surface area contributed by atoms with E-state index in [-0.39, 0.29) is 11.8 Å². The molecule has 0 aromatic heterocycles. The lowest BCUT2D eigenvalue weighted by molar-refractivity contribution is -0.777. The Hall–Kier alpha value is -1.01. The molecule has 124 valence electrons. The molecule has 6 atom stereocenters. The van der Waals surface area contributed by atoms with Crippen LogP contribution in [-0.4, -0.2) is 41.1 Å². The summed E-state index contributed by atoms with van der Waals surface area (Å²) in [4.78, 5) is 22.9. The minimum absolute atomic E-state index is 0.164. The molecule has 8 nitrogen and oxygen atoms in total. The fourth-order valence-electron chi connectivity index (χ4n) is 3.71. The van der Waals surface area contributed by atoms with Crippen LogP contribution in [0.4, 0.5) is 8.78 Å². The van der Waals surface area contributed by atoms with Crippen LogP contribution in [0.2, 0.25) is 0 Å². The van der Waals surface area contributed by atoms with Crippen molar-refractivity contribution in [2.24, 2.45) is 23.7 Å². The molecule has 0 amide bonds. The van der Waals surface area contributed by atoms with Gasteiger partial charge in [0.15, 0.2) is 0 Å². The highest BCUT2D eigenvalue weighted by molar-refractivity contribution is 7.96. The number of hydrogen-bond donors (Lipinski definition) is 1. The normalized spacial score (nSPS) is 39.2. The molecule has 22 heavy (non-hydrogen) atoms. The van der Waals surface area contributed by atoms with Gasteiger partial charge >= 0.3 is 17.2 Å². The highest BCUT2D eigenvalue weighted by Gasteiger charge is 2.66. The monoisotopic (exact) mass is 341 g/mol. The molecule has 11 heteroatoms. The Balaban J connectivity index is 1.59. The van der Waals surface area contributed by atoms with Gasteiger partial charge in [0.1, 0.15) is 18.1 Å². The highest BCUT2D eigenvalue weighted by atomic mass is 32.2. The number of alkyl halides is 2. The predicted molar refractivity (Wildman–Crippen MR) is 60.1 cm³/mol. The Bertz CT molecular complexity index is 489. The average molecular weight is 341 g/mol. The first-order valence-electron chi connectivity index (χ1n) is 6.44. The molecule has 0 spiro atoms. The summed E-state index contributed by atoms with van der Waals surface area (Å²) in [6, 6.07) is 0. The third kappa shape index (κ3) is 2.36. The van der Waals surface area contributed by atoms with Gasteiger partial charge in [-0.05, 0) is 12.3 Å². The Labute approximate surface area is 126 Å². The van der Waals surface area contributed by atoms with Gasteiger partial charge < -0.3 is 19.8 Å². The van der Waals surface area contributed by atoms with Crippen molar-refractivity contribution in [3.05, 3.63) is 0 Å². The predicted octanol–water partition coefficient (Wildman–Crippen LogP) is -0.838. The molecule has 2 aliphatic carbocycles. The summed E-state index contributed by atoms with van der Waals surface area (Å²) in [5, 5.41) is 18.2. The van der Waals surface area contributed by atoms with E-state index in [0.29, 0.717) is 6.42 Å². The highest BCUT2D eigenvalue weighted by Crippen LogP contribution is 2.57. The number of rotatable bonds is 6. The maximum absolute atomic E-state index is 13.2. The van der Waals surface area contributed by atoms with Crippen LogP contribution >= 0.6 is 12.0 Å². The minimum Gasteiger partial charge on any atom is -0.691 e. The first kappa shape index (κ1) is 15.9. The number of hydrogen-bond acceptors (Lipinski definition) is 9. The fourth-order valence-corrected chi connectivity index (χ4v) is 3.95. The summed E-state index contributed by atoms with van der Waals surface area (Å²) in [6.07, 6.45) is -0.906. The van der Waals surface area contributed by atoms with Gasteiger partial charge in [0.2, 0.25) is 0 Å². The fraction of sp³-hybridized carbons (Fsp3) is 0.818. The second kappa shape index (κ2) is 5.57. The van der Waals surface area contributed by atoms with Gasteiger partial charge in [-0.2, -0.15) is 13.1 Å². The average Bonchev–Trinajstić information content (AvgIpc) is 3.05. The molecule has 3 rings (SSSR count). The van der Waals surface area contributed by atoms with Crippen molar-refractivity contribution in [2.45, 2.75) is 23.9 Å². The molecule has 1 saturated heterocycles. The zero-order chi connectivity index (χ0) is 16.1. The quantitative estimate of drug-likeness (QED) is 0.286. The summed E-state index contributed by atoms with van der Waals surface area (Å²) in [5.41, 5.74) is 0. The first-order valence-corrected chi connectivity index (χ1v) is 7.19. The van der Waals surface area contributed by atoms with Gasteiger partial charge in [-0.15, -0.1) is 0 Å². The summed E-state index contributed by atoms with van der Waals surface area (Å²) in [6.45, 7) is -0.421. The lowest BCUT2D eigenvalue weighted by Crippen LogP contribution is -2.40. The maximum atomic E-state index is 13.2. The maximum Gasteiger partial charge on any atom is 0.415 e. The molecular weight excluding hydrogens is 330 g/mol. The van der Waals surface area contributed by atoms with Gasteiger partial charge in [-0.25, -0.2) is 4.79 Å². The second-order valence-corrected chi connectivity index (χ2v) is 6.30. The Morgan fingerprint density at radius 1 is 1.50 bits per heavy atom. The summed E-state index contributed by atoms with van der Waals surface area (Å²) in [7, 11) is 0. The largest absolute Gasteiger partial charge is 0.691 e. The van der Waals surface area contributed by atoms with Crippen LogP contribution in [0.1, 0.15) is 6.42 Å². The lowest BCUT2D eigenvalue weighted by atomic mass is 9.80. The molecule has 2 saturated carbocycles. The van der Waals surface area contributed by atoms with E-state index in [0.717, 1.165) is 0 Å². The summed E-state index contributed by atoms with van der Waals surface area (Å²) < 4.78 is 39.5. The molecule has 1 heterocycles.